The molecule has 0 aliphatic carbocycles. The third-order valence-electron chi connectivity index (χ3n) is 4.52. The number of likely N-dealkylation sites (N-methyl/N-ethyl adjacent to an activating group) is 1. The van der Waals surface area contributed by atoms with E-state index in [0.717, 1.165) is 52.4 Å². The number of imidazole rings is 1. The fourth-order valence-electron chi connectivity index (χ4n) is 3.08. The zero-order chi connectivity index (χ0) is 14.7. The molecule has 1 fully saturated rings. The minimum Gasteiger partial charge on any atom is -0.383 e. The summed E-state index contributed by atoms with van der Waals surface area (Å²) >= 11 is 0. The summed E-state index contributed by atoms with van der Waals surface area (Å²) in [6, 6.07) is 0. The molecule has 2 aliphatic heterocycles. The molecule has 0 saturated carbocycles. The van der Waals surface area contributed by atoms with Crippen LogP contribution in [0.3, 0.4) is 0 Å². The molecular weight excluding hydrogens is 266 g/mol. The van der Waals surface area contributed by atoms with Crippen molar-refractivity contribution in [2.45, 2.75) is 19.6 Å². The van der Waals surface area contributed by atoms with E-state index in [4.69, 9.17) is 9.72 Å². The molecule has 1 aromatic heterocycles. The van der Waals surface area contributed by atoms with Gasteiger partial charge in [0.15, 0.2) is 0 Å². The molecule has 0 amide bonds. The second-order valence-electron chi connectivity index (χ2n) is 6.19. The minimum atomic E-state index is 0.800. The van der Waals surface area contributed by atoms with Gasteiger partial charge in [-0.1, -0.05) is 0 Å². The number of hydrogen-bond donors (Lipinski definition) is 0. The molecule has 0 spiro atoms. The summed E-state index contributed by atoms with van der Waals surface area (Å²) in [4.78, 5) is 12.2. The van der Waals surface area contributed by atoms with E-state index >= 15 is 0 Å². The molecular formula is C15H27N5O. The van der Waals surface area contributed by atoms with Crippen molar-refractivity contribution in [1.29, 1.82) is 0 Å². The number of nitrogens with zero attached hydrogens (tertiary/aromatic N) is 5. The first-order valence-electron chi connectivity index (χ1n) is 7.91. The van der Waals surface area contributed by atoms with E-state index in [2.05, 4.69) is 32.5 Å². The Bertz CT molecular complexity index is 453. The van der Waals surface area contributed by atoms with Gasteiger partial charge in [-0.05, 0) is 7.05 Å². The Balaban J connectivity index is 1.56. The van der Waals surface area contributed by atoms with Crippen LogP contribution in [0.5, 0.6) is 0 Å². The van der Waals surface area contributed by atoms with E-state index in [9.17, 15) is 0 Å². The molecule has 6 nitrogen and oxygen atoms in total. The lowest BCUT2D eigenvalue weighted by Gasteiger charge is -2.31. The molecule has 1 saturated heterocycles. The van der Waals surface area contributed by atoms with Crippen LogP contribution in [-0.2, 0) is 24.4 Å². The van der Waals surface area contributed by atoms with E-state index in [1.807, 2.05) is 0 Å². The van der Waals surface area contributed by atoms with Gasteiger partial charge in [-0.15, -0.1) is 0 Å². The van der Waals surface area contributed by atoms with Gasteiger partial charge in [0.2, 0.25) is 0 Å². The van der Waals surface area contributed by atoms with Crippen LogP contribution in [0.1, 0.15) is 11.5 Å². The monoisotopic (exact) mass is 293 g/mol. The van der Waals surface area contributed by atoms with E-state index < -0.39 is 0 Å². The van der Waals surface area contributed by atoms with Crippen molar-refractivity contribution in [3.8, 4) is 0 Å². The van der Waals surface area contributed by atoms with Crippen LogP contribution in [0.25, 0.3) is 0 Å². The Morgan fingerprint density at radius 1 is 1.10 bits per heavy atom. The average molecular weight is 293 g/mol. The molecule has 1 aromatic rings. The molecule has 3 heterocycles. The van der Waals surface area contributed by atoms with Gasteiger partial charge >= 0.3 is 0 Å². The molecule has 0 aromatic carbocycles. The lowest BCUT2D eigenvalue weighted by molar-refractivity contribution is 0.130. The highest BCUT2D eigenvalue weighted by Gasteiger charge is 2.20. The summed E-state index contributed by atoms with van der Waals surface area (Å²) in [5, 5.41) is 0. The maximum absolute atomic E-state index is 5.17. The lowest BCUT2D eigenvalue weighted by Crippen LogP contribution is -2.43. The summed E-state index contributed by atoms with van der Waals surface area (Å²) in [5.41, 5.74) is 1.23. The summed E-state index contributed by atoms with van der Waals surface area (Å²) in [7, 11) is 3.96. The number of rotatable bonds is 5. The Labute approximate surface area is 127 Å². The van der Waals surface area contributed by atoms with Crippen LogP contribution in [0.4, 0.5) is 0 Å². The van der Waals surface area contributed by atoms with Gasteiger partial charge in [-0.25, -0.2) is 4.98 Å². The Morgan fingerprint density at radius 2 is 1.86 bits per heavy atom. The zero-order valence-corrected chi connectivity index (χ0v) is 13.3. The van der Waals surface area contributed by atoms with Crippen LogP contribution in [0, 0.1) is 0 Å². The molecule has 0 atom stereocenters. The molecule has 2 aliphatic rings. The van der Waals surface area contributed by atoms with Crippen molar-refractivity contribution in [1.82, 2.24) is 24.3 Å². The molecule has 6 heteroatoms. The number of aromatic nitrogens is 2. The Hall–Kier alpha value is -0.950. The van der Waals surface area contributed by atoms with Crippen molar-refractivity contribution >= 4 is 0 Å². The first-order chi connectivity index (χ1) is 10.2. The highest BCUT2D eigenvalue weighted by atomic mass is 16.5. The number of methoxy groups -OCH3 is 1. The summed E-state index contributed by atoms with van der Waals surface area (Å²) in [6.45, 7) is 10.5. The van der Waals surface area contributed by atoms with E-state index in [1.165, 1.54) is 24.6 Å². The third-order valence-corrected chi connectivity index (χ3v) is 4.52. The fraction of sp³-hybridized carbons (Fsp3) is 0.800. The summed E-state index contributed by atoms with van der Waals surface area (Å²) in [6.07, 6.45) is 2.25. The van der Waals surface area contributed by atoms with E-state index in [0.29, 0.717) is 0 Å². The molecule has 0 unspecified atom stereocenters. The van der Waals surface area contributed by atoms with Crippen molar-refractivity contribution in [2.75, 3.05) is 60.0 Å². The molecule has 0 N–H and O–H groups in total. The number of ether oxygens (including phenoxy) is 1. The van der Waals surface area contributed by atoms with Crippen molar-refractivity contribution in [2.24, 2.45) is 0 Å². The normalized spacial score (nSPS) is 21.6. The summed E-state index contributed by atoms with van der Waals surface area (Å²) < 4.78 is 7.50. The third kappa shape index (κ3) is 3.83. The van der Waals surface area contributed by atoms with Crippen LogP contribution in [0.2, 0.25) is 0 Å². The second kappa shape index (κ2) is 6.87. The first-order valence-corrected chi connectivity index (χ1v) is 7.91. The number of fused-ring (bicyclic) bond motifs is 1. The smallest absolute Gasteiger partial charge is 0.123 e. The fourth-order valence-corrected chi connectivity index (χ4v) is 3.08. The minimum absolute atomic E-state index is 0.800. The SMILES string of the molecule is COCCN1CCn2cc(CN3CCN(C)CC3)nc2C1. The van der Waals surface area contributed by atoms with Gasteiger partial charge in [0.25, 0.3) is 0 Å². The maximum atomic E-state index is 5.17. The molecule has 21 heavy (non-hydrogen) atoms. The lowest BCUT2D eigenvalue weighted by atomic mass is 10.3. The van der Waals surface area contributed by atoms with Crippen LogP contribution in [0.15, 0.2) is 6.20 Å². The summed E-state index contributed by atoms with van der Waals surface area (Å²) in [5.74, 6) is 1.21. The van der Waals surface area contributed by atoms with E-state index in [-0.39, 0.29) is 0 Å². The van der Waals surface area contributed by atoms with Gasteiger partial charge in [0, 0.05) is 65.7 Å². The topological polar surface area (TPSA) is 36.8 Å². The molecule has 0 bridgehead atoms. The van der Waals surface area contributed by atoms with Crippen molar-refractivity contribution < 1.29 is 4.74 Å². The number of piperazine rings is 1. The highest BCUT2D eigenvalue weighted by Crippen LogP contribution is 2.14. The maximum Gasteiger partial charge on any atom is 0.123 e. The van der Waals surface area contributed by atoms with Crippen LogP contribution in [-0.4, -0.2) is 84.3 Å². The Morgan fingerprint density at radius 3 is 2.62 bits per heavy atom. The number of hydrogen-bond acceptors (Lipinski definition) is 5. The van der Waals surface area contributed by atoms with Crippen molar-refractivity contribution in [3.63, 3.8) is 0 Å². The Kier molecular flexibility index (Phi) is 4.90. The predicted molar refractivity (Wildman–Crippen MR) is 82.2 cm³/mol. The van der Waals surface area contributed by atoms with E-state index in [1.54, 1.807) is 7.11 Å². The molecule has 118 valence electrons. The molecule has 3 rings (SSSR count). The largest absolute Gasteiger partial charge is 0.383 e. The second-order valence-corrected chi connectivity index (χ2v) is 6.19. The van der Waals surface area contributed by atoms with Gasteiger partial charge in [0.1, 0.15) is 5.82 Å². The van der Waals surface area contributed by atoms with Gasteiger partial charge < -0.3 is 14.2 Å². The highest BCUT2D eigenvalue weighted by molar-refractivity contribution is 5.06. The van der Waals surface area contributed by atoms with Crippen LogP contribution < -0.4 is 0 Å². The predicted octanol–water partition coefficient (Wildman–Crippen LogP) is 0.0925. The van der Waals surface area contributed by atoms with Crippen LogP contribution >= 0.6 is 0 Å². The van der Waals surface area contributed by atoms with Crippen molar-refractivity contribution in [3.05, 3.63) is 17.7 Å². The van der Waals surface area contributed by atoms with Gasteiger partial charge in [0.05, 0.1) is 18.8 Å². The first kappa shape index (κ1) is 15.0. The zero-order valence-electron chi connectivity index (χ0n) is 13.3. The molecule has 0 radical (unpaired) electrons. The van der Waals surface area contributed by atoms with Gasteiger partial charge in [-0.3, -0.25) is 9.80 Å². The quantitative estimate of drug-likeness (QED) is 0.769. The van der Waals surface area contributed by atoms with Gasteiger partial charge in [-0.2, -0.15) is 0 Å². The average Bonchev–Trinajstić information content (AvgIpc) is 2.89. The standard InChI is InChI=1S/C15H27N5O/c1-17-3-5-18(6-4-17)11-14-12-20-8-7-19(9-10-21-2)13-15(20)16-14/h12H,3-11,13H2,1-2H3.